The molecular formula is C9H8FN3O3. The summed E-state index contributed by atoms with van der Waals surface area (Å²) in [6, 6.07) is 2.88. The summed E-state index contributed by atoms with van der Waals surface area (Å²) in [7, 11) is 0. The zero-order valence-corrected chi connectivity index (χ0v) is 8.07. The number of carbonyl (C=O) groups is 1. The lowest BCUT2D eigenvalue weighted by atomic mass is 10.1. The average molecular weight is 225 g/mol. The van der Waals surface area contributed by atoms with E-state index >= 15 is 0 Å². The molecule has 2 rings (SSSR count). The monoisotopic (exact) mass is 225 g/mol. The molecule has 0 spiro atoms. The first-order chi connectivity index (χ1) is 7.58. The Morgan fingerprint density at radius 2 is 2.25 bits per heavy atom. The molecule has 1 aliphatic rings. The highest BCUT2D eigenvalue weighted by Gasteiger charge is 2.24. The molecule has 0 radical (unpaired) electrons. The molecule has 0 saturated carbocycles. The Kier molecular flexibility index (Phi) is 2.43. The topological polar surface area (TPSA) is 84.3 Å². The van der Waals surface area contributed by atoms with E-state index < -0.39 is 16.4 Å². The zero-order chi connectivity index (χ0) is 11.7. The van der Waals surface area contributed by atoms with Gasteiger partial charge in [-0.25, -0.2) is 4.79 Å². The molecule has 0 unspecified atom stereocenters. The second-order valence-corrected chi connectivity index (χ2v) is 3.37. The third-order valence-electron chi connectivity index (χ3n) is 2.34. The minimum Gasteiger partial charge on any atom is -0.336 e. The summed E-state index contributed by atoms with van der Waals surface area (Å²) in [5.74, 6) is -0.883. The minimum atomic E-state index is -0.883. The van der Waals surface area contributed by atoms with Crippen molar-refractivity contribution in [3.63, 3.8) is 0 Å². The molecule has 6 nitrogen and oxygen atoms in total. The van der Waals surface area contributed by atoms with Gasteiger partial charge in [-0.15, -0.1) is 0 Å². The first kappa shape index (κ1) is 10.3. The maximum Gasteiger partial charge on any atom is 0.315 e. The highest BCUT2D eigenvalue weighted by atomic mass is 19.1. The van der Waals surface area contributed by atoms with E-state index in [2.05, 4.69) is 10.6 Å². The molecule has 1 aliphatic heterocycles. The van der Waals surface area contributed by atoms with E-state index in [1.54, 1.807) is 0 Å². The predicted molar refractivity (Wildman–Crippen MR) is 52.3 cm³/mol. The Hall–Kier alpha value is -2.18. The molecule has 16 heavy (non-hydrogen) atoms. The van der Waals surface area contributed by atoms with Crippen LogP contribution < -0.4 is 10.6 Å². The van der Waals surface area contributed by atoms with Gasteiger partial charge in [-0.1, -0.05) is 6.07 Å². The van der Waals surface area contributed by atoms with Gasteiger partial charge in [0.1, 0.15) is 0 Å². The molecule has 1 fully saturated rings. The Labute approximate surface area is 89.6 Å². The van der Waals surface area contributed by atoms with Gasteiger partial charge >= 0.3 is 11.7 Å². The number of nitro benzene ring substituents is 1. The second-order valence-electron chi connectivity index (χ2n) is 3.37. The highest BCUT2D eigenvalue weighted by molar-refractivity contribution is 5.76. The number of nitrogens with one attached hydrogen (secondary N) is 2. The van der Waals surface area contributed by atoms with Gasteiger partial charge in [0.25, 0.3) is 0 Å². The number of benzene rings is 1. The standard InChI is InChI=1S/C9H8FN3O3/c10-6-2-1-5(3-8(6)13(15)16)7-4-11-9(14)12-7/h1-3,7H,4H2,(H2,11,12,14)/t7-/m1/s1. The molecule has 1 atom stereocenters. The molecule has 0 bridgehead atoms. The quantitative estimate of drug-likeness (QED) is 0.583. The van der Waals surface area contributed by atoms with Crippen molar-refractivity contribution in [1.82, 2.24) is 10.6 Å². The normalized spacial score (nSPS) is 19.1. The number of nitrogens with zero attached hydrogens (tertiary/aromatic N) is 1. The van der Waals surface area contributed by atoms with Crippen LogP contribution in [0.15, 0.2) is 18.2 Å². The van der Waals surface area contributed by atoms with E-state index in [0.29, 0.717) is 12.1 Å². The fourth-order valence-corrected chi connectivity index (χ4v) is 1.54. The van der Waals surface area contributed by atoms with Gasteiger partial charge in [0.2, 0.25) is 5.82 Å². The largest absolute Gasteiger partial charge is 0.336 e. The SMILES string of the molecule is O=C1NC[C@H](c2ccc(F)c([N+](=O)[O-])c2)N1. The van der Waals surface area contributed by atoms with E-state index in [4.69, 9.17) is 0 Å². The van der Waals surface area contributed by atoms with E-state index in [9.17, 15) is 19.3 Å². The maximum atomic E-state index is 13.0. The molecule has 84 valence electrons. The van der Waals surface area contributed by atoms with E-state index in [1.807, 2.05) is 0 Å². The van der Waals surface area contributed by atoms with Crippen LogP contribution >= 0.6 is 0 Å². The Bertz CT molecular complexity index is 463. The average Bonchev–Trinajstić information content (AvgIpc) is 2.65. The van der Waals surface area contributed by atoms with E-state index in [-0.39, 0.29) is 12.1 Å². The number of hydrogen-bond acceptors (Lipinski definition) is 3. The van der Waals surface area contributed by atoms with Crippen LogP contribution in [0, 0.1) is 15.9 Å². The van der Waals surface area contributed by atoms with Crippen LogP contribution in [-0.4, -0.2) is 17.5 Å². The van der Waals surface area contributed by atoms with Crippen molar-refractivity contribution in [2.45, 2.75) is 6.04 Å². The molecular weight excluding hydrogens is 217 g/mol. The summed E-state index contributed by atoms with van der Waals surface area (Å²) < 4.78 is 13.0. The Morgan fingerprint density at radius 3 is 2.81 bits per heavy atom. The van der Waals surface area contributed by atoms with E-state index in [0.717, 1.165) is 12.1 Å². The lowest BCUT2D eigenvalue weighted by Gasteiger charge is -2.08. The van der Waals surface area contributed by atoms with Crippen molar-refractivity contribution in [3.05, 3.63) is 39.7 Å². The summed E-state index contributed by atoms with van der Waals surface area (Å²) >= 11 is 0. The molecule has 2 amide bonds. The van der Waals surface area contributed by atoms with Gasteiger partial charge in [0.15, 0.2) is 0 Å². The van der Waals surface area contributed by atoms with Crippen molar-refractivity contribution in [2.75, 3.05) is 6.54 Å². The summed E-state index contributed by atoms with van der Waals surface area (Å²) in [4.78, 5) is 20.6. The fraction of sp³-hybridized carbons (Fsp3) is 0.222. The van der Waals surface area contributed by atoms with Crippen LogP contribution in [0.4, 0.5) is 14.9 Å². The Morgan fingerprint density at radius 1 is 1.50 bits per heavy atom. The highest BCUT2D eigenvalue weighted by Crippen LogP contribution is 2.23. The molecule has 7 heteroatoms. The summed E-state index contributed by atoms with van der Waals surface area (Å²) in [5.41, 5.74) is -0.0786. The Balaban J connectivity index is 2.32. The van der Waals surface area contributed by atoms with Gasteiger partial charge in [0.05, 0.1) is 11.0 Å². The van der Waals surface area contributed by atoms with Crippen LogP contribution in [0.5, 0.6) is 0 Å². The fourth-order valence-electron chi connectivity index (χ4n) is 1.54. The van der Waals surface area contributed by atoms with Gasteiger partial charge in [-0.2, -0.15) is 4.39 Å². The second kappa shape index (κ2) is 3.76. The number of carbonyl (C=O) groups excluding carboxylic acids is 1. The van der Waals surface area contributed by atoms with Crippen molar-refractivity contribution in [3.8, 4) is 0 Å². The van der Waals surface area contributed by atoms with Crippen LogP contribution in [0.25, 0.3) is 0 Å². The summed E-state index contributed by atoms with van der Waals surface area (Å²) in [5, 5.41) is 15.6. The number of hydrogen-bond donors (Lipinski definition) is 2. The van der Waals surface area contributed by atoms with Gasteiger partial charge in [-0.3, -0.25) is 10.1 Å². The number of urea groups is 1. The van der Waals surface area contributed by atoms with Crippen molar-refractivity contribution < 1.29 is 14.1 Å². The van der Waals surface area contributed by atoms with Crippen LogP contribution in [0.2, 0.25) is 0 Å². The molecule has 0 aromatic heterocycles. The number of halogens is 1. The smallest absolute Gasteiger partial charge is 0.315 e. The first-order valence-electron chi connectivity index (χ1n) is 4.56. The first-order valence-corrected chi connectivity index (χ1v) is 4.56. The summed E-state index contributed by atoms with van der Waals surface area (Å²) in [6.07, 6.45) is 0. The third-order valence-corrected chi connectivity index (χ3v) is 2.34. The van der Waals surface area contributed by atoms with Crippen molar-refractivity contribution >= 4 is 11.7 Å². The molecule has 1 aromatic carbocycles. The molecule has 1 aromatic rings. The van der Waals surface area contributed by atoms with E-state index in [1.165, 1.54) is 6.07 Å². The molecule has 1 saturated heterocycles. The minimum absolute atomic E-state index is 0.335. The lowest BCUT2D eigenvalue weighted by molar-refractivity contribution is -0.387. The van der Waals surface area contributed by atoms with Crippen LogP contribution in [-0.2, 0) is 0 Å². The van der Waals surface area contributed by atoms with Gasteiger partial charge < -0.3 is 10.6 Å². The van der Waals surface area contributed by atoms with Gasteiger partial charge in [0, 0.05) is 12.6 Å². The molecule has 2 N–H and O–H groups in total. The van der Waals surface area contributed by atoms with Crippen LogP contribution in [0.3, 0.4) is 0 Å². The number of amides is 2. The van der Waals surface area contributed by atoms with Crippen molar-refractivity contribution in [2.24, 2.45) is 0 Å². The third kappa shape index (κ3) is 1.79. The predicted octanol–water partition coefficient (Wildman–Crippen LogP) is 1.09. The zero-order valence-electron chi connectivity index (χ0n) is 8.07. The van der Waals surface area contributed by atoms with Crippen molar-refractivity contribution in [1.29, 1.82) is 0 Å². The number of nitro groups is 1. The van der Waals surface area contributed by atoms with Crippen LogP contribution in [0.1, 0.15) is 11.6 Å². The molecule has 1 heterocycles. The lowest BCUT2D eigenvalue weighted by Crippen LogP contribution is -2.21. The maximum absolute atomic E-state index is 13.0. The van der Waals surface area contributed by atoms with Gasteiger partial charge in [-0.05, 0) is 11.6 Å². The molecule has 0 aliphatic carbocycles. The summed E-state index contributed by atoms with van der Waals surface area (Å²) in [6.45, 7) is 0.335. The number of rotatable bonds is 2.